The van der Waals surface area contributed by atoms with Crippen molar-refractivity contribution in [1.82, 2.24) is 10.6 Å². The molecule has 4 nitrogen and oxygen atoms in total. The van der Waals surface area contributed by atoms with Crippen LogP contribution in [0.5, 0.6) is 0 Å². The summed E-state index contributed by atoms with van der Waals surface area (Å²) in [7, 11) is 0. The minimum absolute atomic E-state index is 0.163. The van der Waals surface area contributed by atoms with E-state index < -0.39 is 0 Å². The van der Waals surface area contributed by atoms with Gasteiger partial charge in [0.05, 0.1) is 5.54 Å². The molecule has 13 heavy (non-hydrogen) atoms. The summed E-state index contributed by atoms with van der Waals surface area (Å²) in [4.78, 5) is 11.4. The number of carbonyl (C=O) groups is 1. The second-order valence-electron chi connectivity index (χ2n) is 4.67. The Kier molecular flexibility index (Phi) is 1.34. The summed E-state index contributed by atoms with van der Waals surface area (Å²) in [5, 5.41) is 6.80. The zero-order valence-electron chi connectivity index (χ0n) is 7.55. The maximum Gasteiger partial charge on any atom is 0.237 e. The van der Waals surface area contributed by atoms with E-state index in [1.54, 1.807) is 0 Å². The first-order valence-electron chi connectivity index (χ1n) is 5.00. The van der Waals surface area contributed by atoms with Gasteiger partial charge in [0.15, 0.2) is 0 Å². The lowest BCUT2D eigenvalue weighted by molar-refractivity contribution is -0.129. The minimum atomic E-state index is -0.381. The molecule has 4 heteroatoms. The number of amides is 1. The van der Waals surface area contributed by atoms with Crippen LogP contribution in [0.3, 0.4) is 0 Å². The van der Waals surface area contributed by atoms with Crippen molar-refractivity contribution >= 4 is 5.91 Å². The zero-order valence-corrected chi connectivity index (χ0v) is 7.55. The third-order valence-corrected chi connectivity index (χ3v) is 4.09. The van der Waals surface area contributed by atoms with Crippen molar-refractivity contribution in [2.24, 2.45) is 17.6 Å². The van der Waals surface area contributed by atoms with Crippen LogP contribution in [0.2, 0.25) is 0 Å². The molecule has 4 bridgehead atoms. The van der Waals surface area contributed by atoms with Crippen LogP contribution in [-0.4, -0.2) is 30.6 Å². The topological polar surface area (TPSA) is 67.2 Å². The summed E-state index contributed by atoms with van der Waals surface area (Å²) in [6, 6.07) is 0.535. The van der Waals surface area contributed by atoms with E-state index in [9.17, 15) is 4.79 Å². The van der Waals surface area contributed by atoms with E-state index in [1.807, 2.05) is 0 Å². The van der Waals surface area contributed by atoms with E-state index in [2.05, 4.69) is 10.6 Å². The van der Waals surface area contributed by atoms with Gasteiger partial charge in [0.1, 0.15) is 0 Å². The Hall–Kier alpha value is -0.610. The molecule has 0 aromatic carbocycles. The molecule has 0 spiro atoms. The number of nitrogens with two attached hydrogens (primary N) is 1. The Morgan fingerprint density at radius 2 is 2.23 bits per heavy atom. The Labute approximate surface area is 77.2 Å². The number of carbonyl (C=O) groups excluding carboxylic acids is 1. The zero-order chi connectivity index (χ0) is 9.05. The molecule has 0 aromatic heterocycles. The van der Waals surface area contributed by atoms with Crippen molar-refractivity contribution in [3.8, 4) is 0 Å². The van der Waals surface area contributed by atoms with Crippen molar-refractivity contribution in [3.63, 3.8) is 0 Å². The normalized spacial score (nSPS) is 52.5. The van der Waals surface area contributed by atoms with Gasteiger partial charge in [-0.25, -0.2) is 0 Å². The van der Waals surface area contributed by atoms with Crippen LogP contribution in [0.25, 0.3) is 0 Å². The fraction of sp³-hybridized carbons (Fsp3) is 0.889. The third kappa shape index (κ3) is 0.849. The highest BCUT2D eigenvalue weighted by Crippen LogP contribution is 2.44. The lowest BCUT2D eigenvalue weighted by Gasteiger charge is -2.49. The molecule has 4 unspecified atom stereocenters. The number of piperidine rings is 2. The van der Waals surface area contributed by atoms with Gasteiger partial charge in [-0.3, -0.25) is 4.79 Å². The molecule has 4 aliphatic rings. The molecular weight excluding hydrogens is 166 g/mol. The fourth-order valence-electron chi connectivity index (χ4n) is 3.34. The molecule has 3 saturated heterocycles. The second kappa shape index (κ2) is 2.25. The Morgan fingerprint density at radius 1 is 1.38 bits per heavy atom. The predicted molar refractivity (Wildman–Crippen MR) is 47.9 cm³/mol. The molecule has 4 N–H and O–H groups in total. The first-order chi connectivity index (χ1) is 6.21. The van der Waals surface area contributed by atoms with Crippen molar-refractivity contribution in [2.45, 2.75) is 24.4 Å². The van der Waals surface area contributed by atoms with Gasteiger partial charge in [-0.05, 0) is 31.2 Å². The van der Waals surface area contributed by atoms with Crippen LogP contribution in [0.1, 0.15) is 12.8 Å². The van der Waals surface area contributed by atoms with Gasteiger partial charge < -0.3 is 16.4 Å². The van der Waals surface area contributed by atoms with E-state index >= 15 is 0 Å². The maximum absolute atomic E-state index is 11.4. The highest BCUT2D eigenvalue weighted by molar-refractivity contribution is 5.85. The molecule has 3 heterocycles. The molecule has 1 saturated carbocycles. The maximum atomic E-state index is 11.4. The van der Waals surface area contributed by atoms with E-state index in [0.29, 0.717) is 12.0 Å². The molecule has 4 atom stereocenters. The summed E-state index contributed by atoms with van der Waals surface area (Å²) in [5.41, 5.74) is 5.08. The first-order valence-corrected chi connectivity index (χ1v) is 5.00. The second-order valence-corrected chi connectivity index (χ2v) is 4.67. The summed E-state index contributed by atoms with van der Waals surface area (Å²) >= 11 is 0. The molecule has 1 amide bonds. The largest absolute Gasteiger partial charge is 0.368 e. The van der Waals surface area contributed by atoms with E-state index in [4.69, 9.17) is 5.73 Å². The van der Waals surface area contributed by atoms with Gasteiger partial charge in [-0.2, -0.15) is 0 Å². The Balaban J connectivity index is 1.97. The number of fused-ring (bicyclic) bond motifs is 1. The summed E-state index contributed by atoms with van der Waals surface area (Å²) in [5.74, 6) is 1.25. The standard InChI is InChI=1S/C9H15N3O/c10-8(13)9-1-5-3-11-7(2-9)6(5)4-12-9/h5-7,11-12H,1-4H2,(H2,10,13). The summed E-state index contributed by atoms with van der Waals surface area (Å²) in [6.45, 7) is 2.04. The van der Waals surface area contributed by atoms with Gasteiger partial charge in [-0.15, -0.1) is 0 Å². The average molecular weight is 181 g/mol. The predicted octanol–water partition coefficient (Wildman–Crippen LogP) is -1.19. The van der Waals surface area contributed by atoms with Gasteiger partial charge in [-0.1, -0.05) is 0 Å². The minimum Gasteiger partial charge on any atom is -0.368 e. The van der Waals surface area contributed by atoms with Gasteiger partial charge in [0, 0.05) is 12.6 Å². The molecule has 4 rings (SSSR count). The van der Waals surface area contributed by atoms with Gasteiger partial charge in [0.25, 0.3) is 0 Å². The molecule has 3 aliphatic heterocycles. The smallest absolute Gasteiger partial charge is 0.237 e. The first kappa shape index (κ1) is 7.76. The Bertz CT molecular complexity index is 252. The highest BCUT2D eigenvalue weighted by Gasteiger charge is 2.56. The lowest BCUT2D eigenvalue weighted by Crippen LogP contribution is -2.68. The number of rotatable bonds is 1. The van der Waals surface area contributed by atoms with Crippen molar-refractivity contribution in [2.75, 3.05) is 13.1 Å². The van der Waals surface area contributed by atoms with Crippen molar-refractivity contribution in [3.05, 3.63) is 0 Å². The quantitative estimate of drug-likeness (QED) is 0.476. The van der Waals surface area contributed by atoms with Gasteiger partial charge >= 0.3 is 0 Å². The molecular formula is C9H15N3O. The number of primary amides is 1. The Morgan fingerprint density at radius 3 is 2.92 bits per heavy atom. The average Bonchev–Trinajstić information content (AvgIpc) is 2.43. The van der Waals surface area contributed by atoms with Gasteiger partial charge in [0.2, 0.25) is 5.91 Å². The third-order valence-electron chi connectivity index (χ3n) is 4.09. The molecule has 72 valence electrons. The van der Waals surface area contributed by atoms with E-state index in [1.165, 1.54) is 0 Å². The fourth-order valence-corrected chi connectivity index (χ4v) is 3.34. The van der Waals surface area contributed by atoms with Crippen LogP contribution in [0, 0.1) is 11.8 Å². The van der Waals surface area contributed by atoms with E-state index in [-0.39, 0.29) is 11.4 Å². The molecule has 1 aliphatic carbocycles. The number of nitrogens with one attached hydrogen (secondary N) is 2. The SMILES string of the molecule is NC(=O)C12CC3CNC(C1)C3CN2. The van der Waals surface area contributed by atoms with Crippen LogP contribution in [0.4, 0.5) is 0 Å². The van der Waals surface area contributed by atoms with Crippen LogP contribution in [0.15, 0.2) is 0 Å². The van der Waals surface area contributed by atoms with Crippen molar-refractivity contribution < 1.29 is 4.79 Å². The van der Waals surface area contributed by atoms with E-state index in [0.717, 1.165) is 31.8 Å². The summed E-state index contributed by atoms with van der Waals surface area (Å²) < 4.78 is 0. The molecule has 0 radical (unpaired) electrons. The highest BCUT2D eigenvalue weighted by atomic mass is 16.1. The molecule has 0 aromatic rings. The number of hydrogen-bond donors (Lipinski definition) is 3. The van der Waals surface area contributed by atoms with Crippen LogP contribution >= 0.6 is 0 Å². The van der Waals surface area contributed by atoms with Crippen LogP contribution < -0.4 is 16.4 Å². The lowest BCUT2D eigenvalue weighted by atomic mass is 9.66. The molecule has 4 fully saturated rings. The summed E-state index contributed by atoms with van der Waals surface area (Å²) in [6.07, 6.45) is 1.83. The van der Waals surface area contributed by atoms with Crippen molar-refractivity contribution in [1.29, 1.82) is 0 Å². The number of hydrogen-bond acceptors (Lipinski definition) is 3. The monoisotopic (exact) mass is 181 g/mol. The van der Waals surface area contributed by atoms with Crippen LogP contribution in [-0.2, 0) is 4.79 Å².